The molecule has 102 valence electrons. The Kier molecular flexibility index (Phi) is 5.49. The zero-order valence-corrected chi connectivity index (χ0v) is 12.7. The van der Waals surface area contributed by atoms with Gasteiger partial charge in [-0.25, -0.2) is 0 Å². The van der Waals surface area contributed by atoms with Gasteiger partial charge in [-0.15, -0.1) is 11.3 Å². The van der Waals surface area contributed by atoms with Crippen molar-refractivity contribution in [2.24, 2.45) is 0 Å². The summed E-state index contributed by atoms with van der Waals surface area (Å²) in [6, 6.07) is 2.64. The molecule has 0 amide bonds. The molecule has 0 radical (unpaired) electrons. The number of halogens is 1. The maximum absolute atomic E-state index is 6.11. The molecule has 2 nitrogen and oxygen atoms in total. The van der Waals surface area contributed by atoms with E-state index in [4.69, 9.17) is 16.3 Å². The molecule has 1 atom stereocenters. The van der Waals surface area contributed by atoms with E-state index in [9.17, 15) is 0 Å². The van der Waals surface area contributed by atoms with Gasteiger partial charge in [-0.1, -0.05) is 11.6 Å². The first-order valence-corrected chi connectivity index (χ1v) is 7.99. The van der Waals surface area contributed by atoms with E-state index >= 15 is 0 Å². The summed E-state index contributed by atoms with van der Waals surface area (Å²) >= 11 is 7.85. The molecular weight excluding hydrogens is 266 g/mol. The van der Waals surface area contributed by atoms with Gasteiger partial charge >= 0.3 is 0 Å². The minimum Gasteiger partial charge on any atom is -0.379 e. The van der Waals surface area contributed by atoms with Crippen LogP contribution in [0.2, 0.25) is 4.34 Å². The molecule has 1 unspecified atom stereocenters. The van der Waals surface area contributed by atoms with E-state index in [1.54, 1.807) is 11.3 Å². The van der Waals surface area contributed by atoms with Crippen molar-refractivity contribution in [3.63, 3.8) is 0 Å². The van der Waals surface area contributed by atoms with Crippen LogP contribution in [0.15, 0.2) is 6.07 Å². The number of hydrogen-bond acceptors (Lipinski definition) is 3. The van der Waals surface area contributed by atoms with Crippen LogP contribution in [0.5, 0.6) is 0 Å². The van der Waals surface area contributed by atoms with E-state index in [-0.39, 0.29) is 0 Å². The summed E-state index contributed by atoms with van der Waals surface area (Å²) in [5.74, 6) is 0. The van der Waals surface area contributed by atoms with E-state index in [1.807, 2.05) is 0 Å². The smallest absolute Gasteiger partial charge is 0.0934 e. The second-order valence-electron chi connectivity index (χ2n) is 5.10. The number of fused-ring (bicyclic) bond motifs is 1. The molecule has 18 heavy (non-hydrogen) atoms. The molecule has 0 fully saturated rings. The minimum atomic E-state index is 0.335. The number of rotatable bonds is 6. The van der Waals surface area contributed by atoms with Gasteiger partial charge in [-0.3, -0.25) is 0 Å². The molecule has 1 aromatic heterocycles. The van der Waals surface area contributed by atoms with Crippen molar-refractivity contribution in [3.8, 4) is 0 Å². The second-order valence-corrected chi connectivity index (χ2v) is 6.87. The van der Waals surface area contributed by atoms with Gasteiger partial charge in [-0.2, -0.15) is 0 Å². The summed E-state index contributed by atoms with van der Waals surface area (Å²) in [6.07, 6.45) is 5.10. The van der Waals surface area contributed by atoms with Crippen molar-refractivity contribution in [3.05, 3.63) is 20.8 Å². The lowest BCUT2D eigenvalue weighted by atomic mass is 9.94. The third-order valence-corrected chi connectivity index (χ3v) is 4.59. The highest BCUT2D eigenvalue weighted by Crippen LogP contribution is 2.37. The Labute approximate surface area is 119 Å². The van der Waals surface area contributed by atoms with Crippen molar-refractivity contribution >= 4 is 22.9 Å². The van der Waals surface area contributed by atoms with Gasteiger partial charge < -0.3 is 10.1 Å². The molecule has 1 heterocycles. The van der Waals surface area contributed by atoms with E-state index in [0.29, 0.717) is 12.1 Å². The lowest BCUT2D eigenvalue weighted by Gasteiger charge is -2.23. The van der Waals surface area contributed by atoms with Crippen LogP contribution >= 0.6 is 22.9 Å². The topological polar surface area (TPSA) is 21.3 Å². The zero-order chi connectivity index (χ0) is 13.0. The first-order valence-electron chi connectivity index (χ1n) is 6.80. The van der Waals surface area contributed by atoms with Crippen LogP contribution in [0.4, 0.5) is 0 Å². The highest BCUT2D eigenvalue weighted by Gasteiger charge is 2.21. The van der Waals surface area contributed by atoms with E-state index in [0.717, 1.165) is 23.9 Å². The Morgan fingerprint density at radius 2 is 2.39 bits per heavy atom. The Morgan fingerprint density at radius 1 is 1.56 bits per heavy atom. The fourth-order valence-electron chi connectivity index (χ4n) is 2.40. The molecular formula is C14H22ClNOS. The number of hydrogen-bond donors (Lipinski definition) is 1. The Morgan fingerprint density at radius 3 is 3.17 bits per heavy atom. The molecule has 1 aliphatic carbocycles. The van der Waals surface area contributed by atoms with Crippen molar-refractivity contribution < 1.29 is 4.74 Å². The number of ether oxygens (including phenoxy) is 1. The van der Waals surface area contributed by atoms with Gasteiger partial charge in [0.25, 0.3) is 0 Å². The van der Waals surface area contributed by atoms with Crippen molar-refractivity contribution in [2.75, 3.05) is 13.2 Å². The molecule has 0 spiro atoms. The molecule has 1 N–H and O–H groups in total. The average Bonchev–Trinajstić information content (AvgIpc) is 2.69. The summed E-state index contributed by atoms with van der Waals surface area (Å²) in [4.78, 5) is 1.47. The largest absolute Gasteiger partial charge is 0.379 e. The van der Waals surface area contributed by atoms with Gasteiger partial charge in [0.15, 0.2) is 0 Å². The van der Waals surface area contributed by atoms with Gasteiger partial charge in [-0.05, 0) is 57.7 Å². The molecule has 0 aliphatic heterocycles. The fourth-order valence-corrected chi connectivity index (χ4v) is 3.78. The predicted octanol–water partition coefficient (Wildman–Crippen LogP) is 4.18. The first kappa shape index (κ1) is 14.3. The minimum absolute atomic E-state index is 0.335. The summed E-state index contributed by atoms with van der Waals surface area (Å²) in [5, 5.41) is 3.63. The Bertz CT molecular complexity index is 378. The third-order valence-electron chi connectivity index (χ3n) is 3.25. The summed E-state index contributed by atoms with van der Waals surface area (Å²) < 4.78 is 6.47. The lowest BCUT2D eigenvalue weighted by molar-refractivity contribution is 0.0766. The number of nitrogens with one attached hydrogen (secondary N) is 1. The second kappa shape index (κ2) is 6.90. The van der Waals surface area contributed by atoms with Crippen LogP contribution < -0.4 is 5.32 Å². The maximum Gasteiger partial charge on any atom is 0.0934 e. The van der Waals surface area contributed by atoms with Crippen LogP contribution in [-0.4, -0.2) is 19.3 Å². The van der Waals surface area contributed by atoms with Crippen LogP contribution in [-0.2, 0) is 11.2 Å². The first-order chi connectivity index (χ1) is 8.66. The molecule has 0 aromatic carbocycles. The molecule has 0 saturated carbocycles. The lowest BCUT2D eigenvalue weighted by Crippen LogP contribution is -2.26. The molecule has 0 saturated heterocycles. The number of thiophene rings is 1. The molecule has 2 rings (SSSR count). The predicted molar refractivity (Wildman–Crippen MR) is 78.7 cm³/mol. The molecule has 1 aromatic rings. The van der Waals surface area contributed by atoms with Crippen LogP contribution in [0.3, 0.4) is 0 Å². The van der Waals surface area contributed by atoms with E-state index < -0.39 is 0 Å². The van der Waals surface area contributed by atoms with Crippen molar-refractivity contribution in [1.29, 1.82) is 0 Å². The maximum atomic E-state index is 6.11. The fraction of sp³-hybridized carbons (Fsp3) is 0.714. The van der Waals surface area contributed by atoms with Crippen LogP contribution in [0, 0.1) is 0 Å². The van der Waals surface area contributed by atoms with Gasteiger partial charge in [0.1, 0.15) is 0 Å². The van der Waals surface area contributed by atoms with Gasteiger partial charge in [0, 0.05) is 17.5 Å². The van der Waals surface area contributed by atoms with Gasteiger partial charge in [0.05, 0.1) is 10.4 Å². The van der Waals surface area contributed by atoms with E-state index in [2.05, 4.69) is 25.2 Å². The highest BCUT2D eigenvalue weighted by molar-refractivity contribution is 7.16. The average molecular weight is 288 g/mol. The van der Waals surface area contributed by atoms with Gasteiger partial charge in [0.2, 0.25) is 0 Å². The highest BCUT2D eigenvalue weighted by atomic mass is 35.5. The zero-order valence-electron chi connectivity index (χ0n) is 11.2. The summed E-state index contributed by atoms with van der Waals surface area (Å²) in [7, 11) is 0. The molecule has 1 aliphatic rings. The standard InChI is InChI=1S/C14H22ClNOS/c1-10(2)17-8-4-7-16-12-5-3-6-13-11(12)9-14(15)18-13/h9-10,12,16H,3-8H2,1-2H3. The SMILES string of the molecule is CC(C)OCCCNC1CCCc2sc(Cl)cc21. The Hall–Kier alpha value is -0.0900. The van der Waals surface area contributed by atoms with Crippen molar-refractivity contribution in [1.82, 2.24) is 5.32 Å². The summed E-state index contributed by atoms with van der Waals surface area (Å²) in [5.41, 5.74) is 1.43. The molecule has 4 heteroatoms. The number of aryl methyl sites for hydroxylation is 1. The van der Waals surface area contributed by atoms with Crippen LogP contribution in [0.1, 0.15) is 49.6 Å². The Balaban J connectivity index is 1.77. The van der Waals surface area contributed by atoms with Crippen molar-refractivity contribution in [2.45, 2.75) is 51.7 Å². The molecule has 0 bridgehead atoms. The van der Waals surface area contributed by atoms with Crippen LogP contribution in [0.25, 0.3) is 0 Å². The van der Waals surface area contributed by atoms with E-state index in [1.165, 1.54) is 29.7 Å². The third kappa shape index (κ3) is 3.95. The summed E-state index contributed by atoms with van der Waals surface area (Å²) in [6.45, 7) is 6.02. The normalized spacial score (nSPS) is 19.2. The monoisotopic (exact) mass is 287 g/mol. The quantitative estimate of drug-likeness (QED) is 0.793.